The molecule has 0 aliphatic carbocycles. The maximum atomic E-state index is 14.2. The van der Waals surface area contributed by atoms with Gasteiger partial charge in [0.2, 0.25) is 7.29 Å². The van der Waals surface area contributed by atoms with E-state index in [-0.39, 0.29) is 0 Å². The predicted octanol–water partition coefficient (Wildman–Crippen LogP) is 9.90. The molecule has 7 heteroatoms. The molecule has 0 bridgehead atoms. The van der Waals surface area contributed by atoms with Gasteiger partial charge in [-0.15, -0.1) is 11.3 Å². The summed E-state index contributed by atoms with van der Waals surface area (Å²) < 4.78 is 14.2. The van der Waals surface area contributed by atoms with Crippen molar-refractivity contribution in [3.05, 3.63) is 118 Å². The van der Waals surface area contributed by atoms with E-state index in [1.807, 2.05) is 66.0 Å². The minimum atomic E-state index is -3.38. The Morgan fingerprint density at radius 3 is 1.83 bits per heavy atom. The number of nitrogens with zero attached hydrogens (tertiary/aromatic N) is 1. The van der Waals surface area contributed by atoms with Crippen molar-refractivity contribution in [1.82, 2.24) is 4.98 Å². The number of benzene rings is 3. The Bertz CT molecular complexity index is 1360. The van der Waals surface area contributed by atoms with E-state index in [0.717, 1.165) is 33.5 Å². The van der Waals surface area contributed by atoms with Crippen molar-refractivity contribution in [3.63, 3.8) is 0 Å². The van der Waals surface area contributed by atoms with Gasteiger partial charge in [0.05, 0.1) is 15.8 Å². The first-order chi connectivity index (χ1) is 16.7. The van der Waals surface area contributed by atoms with Crippen LogP contribution in [0.1, 0.15) is 27.8 Å². The number of hydrogen-bond donors (Lipinski definition) is 1. The minimum absolute atomic E-state index is 0.372. The van der Waals surface area contributed by atoms with Crippen molar-refractivity contribution in [2.45, 2.75) is 20.8 Å². The molecule has 3 aromatic carbocycles. The number of halogens is 2. The minimum Gasteiger partial charge on any atom is -0.306 e. The molecule has 1 aromatic heterocycles. The fraction of sp³-hybridized carbons (Fsp3) is 0.107. The zero-order valence-corrected chi connectivity index (χ0v) is 22.8. The van der Waals surface area contributed by atoms with Gasteiger partial charge in [0.25, 0.3) is 0 Å². The molecule has 4 aromatic rings. The molecule has 1 N–H and O–H groups in total. The van der Waals surface area contributed by atoms with Crippen LogP contribution in [0.2, 0.25) is 0 Å². The third-order valence-electron chi connectivity index (χ3n) is 5.42. The highest BCUT2D eigenvalue weighted by atomic mass is 35.5. The Morgan fingerprint density at radius 2 is 1.34 bits per heavy atom. The van der Waals surface area contributed by atoms with Gasteiger partial charge >= 0.3 is 0 Å². The lowest BCUT2D eigenvalue weighted by Crippen LogP contribution is -1.95. The summed E-state index contributed by atoms with van der Waals surface area (Å²) in [5, 5.41) is 6.39. The number of anilines is 1. The highest BCUT2D eigenvalue weighted by Crippen LogP contribution is 2.54. The van der Waals surface area contributed by atoms with E-state index in [1.165, 1.54) is 16.9 Å². The van der Waals surface area contributed by atoms with Crippen LogP contribution in [0, 0.1) is 20.8 Å². The van der Waals surface area contributed by atoms with E-state index < -0.39 is 7.29 Å². The molecule has 0 fully saturated rings. The molecular weight excluding hydrogens is 514 g/mol. The largest absolute Gasteiger partial charge is 0.306 e. The molecule has 0 radical (unpaired) electrons. The van der Waals surface area contributed by atoms with Crippen LogP contribution in [0.15, 0.2) is 89.8 Å². The molecule has 1 heterocycles. The summed E-state index contributed by atoms with van der Waals surface area (Å²) in [7, 11) is -3.38. The molecule has 0 aliphatic heterocycles. The summed E-state index contributed by atoms with van der Waals surface area (Å²) in [6.07, 6.45) is 0. The molecule has 0 spiro atoms. The molecule has 0 amide bonds. The van der Waals surface area contributed by atoms with Crippen LogP contribution in [0.3, 0.4) is 0 Å². The normalized spacial score (nSPS) is 14.0. The Hall–Kier alpha value is -2.62. The SMILES string of the molecule is Cc1cc(C)c(-c2csc(NP(=O)(C=C(Cl)c3ccccc3)/C=C(/Cl)c3ccccc3)n2)c(C)c1. The summed E-state index contributed by atoms with van der Waals surface area (Å²) in [4.78, 5) is 4.77. The molecule has 178 valence electrons. The second kappa shape index (κ2) is 11.0. The topological polar surface area (TPSA) is 42.0 Å². The van der Waals surface area contributed by atoms with Crippen LogP contribution in [-0.2, 0) is 4.57 Å². The summed E-state index contributed by atoms with van der Waals surface area (Å²) in [5.41, 5.74) is 6.99. The Kier molecular flexibility index (Phi) is 7.98. The van der Waals surface area contributed by atoms with E-state index in [2.05, 4.69) is 38.0 Å². The zero-order chi connectivity index (χ0) is 25.0. The van der Waals surface area contributed by atoms with Gasteiger partial charge in [0.1, 0.15) is 0 Å². The zero-order valence-electron chi connectivity index (χ0n) is 19.6. The fourth-order valence-corrected chi connectivity index (χ4v) is 7.79. The maximum Gasteiger partial charge on any atom is 0.217 e. The first-order valence-electron chi connectivity index (χ1n) is 11.0. The van der Waals surface area contributed by atoms with Gasteiger partial charge in [-0.05, 0) is 43.0 Å². The van der Waals surface area contributed by atoms with E-state index in [1.54, 1.807) is 11.6 Å². The predicted molar refractivity (Wildman–Crippen MR) is 154 cm³/mol. The van der Waals surface area contributed by atoms with Gasteiger partial charge in [-0.25, -0.2) is 4.98 Å². The number of aryl methyl sites for hydroxylation is 3. The van der Waals surface area contributed by atoms with Gasteiger partial charge in [-0.3, -0.25) is 4.57 Å². The summed E-state index contributed by atoms with van der Waals surface area (Å²) >= 11 is 14.6. The van der Waals surface area contributed by atoms with Gasteiger partial charge in [-0.1, -0.05) is 102 Å². The first kappa shape index (κ1) is 25.5. The average molecular weight is 539 g/mol. The molecule has 0 saturated heterocycles. The highest BCUT2D eigenvalue weighted by molar-refractivity contribution is 7.72. The highest BCUT2D eigenvalue weighted by Gasteiger charge is 2.22. The summed E-state index contributed by atoms with van der Waals surface area (Å²) in [6, 6.07) is 23.1. The number of aromatic nitrogens is 1. The van der Waals surface area contributed by atoms with Gasteiger partial charge in [0, 0.05) is 22.6 Å². The molecule has 35 heavy (non-hydrogen) atoms. The van der Waals surface area contributed by atoms with Gasteiger partial charge in [-0.2, -0.15) is 0 Å². The second-order valence-electron chi connectivity index (χ2n) is 8.32. The number of rotatable bonds is 7. The van der Waals surface area contributed by atoms with Crippen molar-refractivity contribution in [3.8, 4) is 11.3 Å². The third-order valence-corrected chi connectivity index (χ3v) is 9.13. The van der Waals surface area contributed by atoms with E-state index in [9.17, 15) is 4.57 Å². The van der Waals surface area contributed by atoms with Crippen LogP contribution in [0.4, 0.5) is 5.13 Å². The number of thiazole rings is 1. The third kappa shape index (κ3) is 6.34. The monoisotopic (exact) mass is 538 g/mol. The van der Waals surface area contributed by atoms with Crippen molar-refractivity contribution >= 4 is 57.0 Å². The van der Waals surface area contributed by atoms with Crippen LogP contribution in [0.25, 0.3) is 21.3 Å². The Labute approximate surface area is 220 Å². The van der Waals surface area contributed by atoms with Crippen LogP contribution < -0.4 is 5.09 Å². The lowest BCUT2D eigenvalue weighted by Gasteiger charge is -2.14. The average Bonchev–Trinajstić information content (AvgIpc) is 3.26. The van der Waals surface area contributed by atoms with Crippen molar-refractivity contribution in [2.75, 3.05) is 5.09 Å². The summed E-state index contributed by atoms with van der Waals surface area (Å²) in [6.45, 7) is 6.24. The first-order valence-corrected chi connectivity index (χ1v) is 14.5. The van der Waals surface area contributed by atoms with Crippen molar-refractivity contribution < 1.29 is 4.57 Å². The smallest absolute Gasteiger partial charge is 0.217 e. The van der Waals surface area contributed by atoms with E-state index in [4.69, 9.17) is 28.2 Å². The fourth-order valence-electron chi connectivity index (χ4n) is 3.96. The number of nitrogens with one attached hydrogen (secondary N) is 1. The molecule has 0 aliphatic rings. The summed E-state index contributed by atoms with van der Waals surface area (Å²) in [5.74, 6) is 3.08. The van der Waals surface area contributed by atoms with Gasteiger partial charge < -0.3 is 5.09 Å². The molecule has 3 nitrogen and oxygen atoms in total. The molecule has 0 saturated carbocycles. The van der Waals surface area contributed by atoms with Crippen molar-refractivity contribution in [1.29, 1.82) is 0 Å². The molecule has 4 rings (SSSR count). The quantitative estimate of drug-likeness (QED) is 0.238. The van der Waals surface area contributed by atoms with E-state index >= 15 is 0 Å². The Balaban J connectivity index is 1.74. The van der Waals surface area contributed by atoms with Gasteiger partial charge in [0.15, 0.2) is 5.13 Å². The number of hydrogen-bond acceptors (Lipinski definition) is 3. The molecule has 1 unspecified atom stereocenters. The lowest BCUT2D eigenvalue weighted by molar-refractivity contribution is 0.589. The standard InChI is InChI=1S/C28H25Cl2N2OPS/c1-19-14-20(2)27(21(3)15-19)26-18-35-28(31-26)32-34(33,16-24(29)22-10-6-4-7-11-22)17-25(30)23-12-8-5-9-13-23/h4-18H,1-3H3,(H,31,32,33)/b24-16+,25-17?. The van der Waals surface area contributed by atoms with Crippen molar-refractivity contribution in [2.24, 2.45) is 0 Å². The molecule has 1 atom stereocenters. The second-order valence-corrected chi connectivity index (χ2v) is 12.2. The Morgan fingerprint density at radius 1 is 0.857 bits per heavy atom. The molecular formula is C28H25Cl2N2OPS. The van der Waals surface area contributed by atoms with E-state index in [0.29, 0.717) is 15.2 Å². The maximum absolute atomic E-state index is 14.2. The van der Waals surface area contributed by atoms with Crippen LogP contribution in [0.5, 0.6) is 0 Å². The lowest BCUT2D eigenvalue weighted by atomic mass is 9.98. The van der Waals surface area contributed by atoms with Crippen LogP contribution >= 0.6 is 41.8 Å². The van der Waals surface area contributed by atoms with Crippen LogP contribution in [-0.4, -0.2) is 4.98 Å².